The van der Waals surface area contributed by atoms with E-state index in [1.54, 1.807) is 6.92 Å². The van der Waals surface area contributed by atoms with Crippen LogP contribution in [-0.4, -0.2) is 31.9 Å². The standard InChI is InChI=1S/C14H20O3Si/c1-12(17-14(16)11-15)9-10-18(2,3)13-7-5-4-6-8-13/h4-10,12,15H,11H2,1-3H3/b10-9+/t12-/m1/s1. The summed E-state index contributed by atoms with van der Waals surface area (Å²) in [5, 5.41) is 9.93. The average Bonchev–Trinajstić information content (AvgIpc) is 2.37. The van der Waals surface area contributed by atoms with Crippen LogP contribution in [0.3, 0.4) is 0 Å². The lowest BCUT2D eigenvalue weighted by Crippen LogP contribution is -2.39. The molecule has 1 aromatic carbocycles. The molecule has 1 rings (SSSR count). The number of hydrogen-bond donors (Lipinski definition) is 1. The highest BCUT2D eigenvalue weighted by Gasteiger charge is 2.19. The molecule has 1 N–H and O–H groups in total. The van der Waals surface area contributed by atoms with Crippen LogP contribution < -0.4 is 5.19 Å². The number of rotatable bonds is 5. The first-order chi connectivity index (χ1) is 8.45. The van der Waals surface area contributed by atoms with Crippen LogP contribution in [0.5, 0.6) is 0 Å². The van der Waals surface area contributed by atoms with Crippen LogP contribution in [0.15, 0.2) is 42.1 Å². The van der Waals surface area contributed by atoms with Gasteiger partial charge in [0, 0.05) is 0 Å². The van der Waals surface area contributed by atoms with Crippen molar-refractivity contribution in [1.29, 1.82) is 0 Å². The van der Waals surface area contributed by atoms with E-state index in [1.165, 1.54) is 5.19 Å². The van der Waals surface area contributed by atoms with Crippen LogP contribution >= 0.6 is 0 Å². The Kier molecular flexibility index (Phi) is 5.31. The smallest absolute Gasteiger partial charge is 0.332 e. The molecule has 0 fully saturated rings. The molecule has 1 aromatic rings. The minimum absolute atomic E-state index is 0.305. The van der Waals surface area contributed by atoms with Crippen LogP contribution in [0.4, 0.5) is 0 Å². The fraction of sp³-hybridized carbons (Fsp3) is 0.357. The Morgan fingerprint density at radius 1 is 1.39 bits per heavy atom. The topological polar surface area (TPSA) is 46.5 Å². The summed E-state index contributed by atoms with van der Waals surface area (Å²) in [5.74, 6) is -0.591. The predicted octanol–water partition coefficient (Wildman–Crippen LogP) is 1.62. The molecule has 0 saturated carbocycles. The predicted molar refractivity (Wildman–Crippen MR) is 75.3 cm³/mol. The van der Waals surface area contributed by atoms with Crippen molar-refractivity contribution >= 4 is 19.2 Å². The summed E-state index contributed by atoms with van der Waals surface area (Å²) < 4.78 is 4.98. The zero-order valence-corrected chi connectivity index (χ0v) is 12.1. The van der Waals surface area contributed by atoms with Crippen LogP contribution in [0.2, 0.25) is 13.1 Å². The maximum atomic E-state index is 10.9. The third-order valence-electron chi connectivity index (χ3n) is 2.75. The molecule has 1 atom stereocenters. The summed E-state index contributed by atoms with van der Waals surface area (Å²) in [4.78, 5) is 10.9. The van der Waals surface area contributed by atoms with Gasteiger partial charge in [-0.15, -0.1) is 0 Å². The molecule has 18 heavy (non-hydrogen) atoms. The van der Waals surface area contributed by atoms with Crippen LogP contribution in [0.1, 0.15) is 6.92 Å². The number of ether oxygens (including phenoxy) is 1. The van der Waals surface area contributed by atoms with Gasteiger partial charge >= 0.3 is 5.97 Å². The highest BCUT2D eigenvalue weighted by Crippen LogP contribution is 2.07. The normalized spacial score (nSPS) is 13.6. The van der Waals surface area contributed by atoms with Crippen molar-refractivity contribution < 1.29 is 14.6 Å². The molecule has 0 amide bonds. The van der Waals surface area contributed by atoms with E-state index in [0.717, 1.165) is 0 Å². The second-order valence-corrected chi connectivity index (χ2v) is 9.15. The molecule has 0 aliphatic carbocycles. The lowest BCUT2D eigenvalue weighted by atomic mass is 10.4. The van der Waals surface area contributed by atoms with E-state index in [0.29, 0.717) is 0 Å². The first-order valence-corrected chi connectivity index (χ1v) is 9.08. The van der Waals surface area contributed by atoms with Gasteiger partial charge in [-0.2, -0.15) is 0 Å². The van der Waals surface area contributed by atoms with Gasteiger partial charge in [0.1, 0.15) is 20.8 Å². The van der Waals surface area contributed by atoms with Gasteiger partial charge in [0.2, 0.25) is 0 Å². The second-order valence-electron chi connectivity index (χ2n) is 4.80. The monoisotopic (exact) mass is 264 g/mol. The van der Waals surface area contributed by atoms with Crippen molar-refractivity contribution in [1.82, 2.24) is 0 Å². The van der Waals surface area contributed by atoms with E-state index in [1.807, 2.05) is 24.3 Å². The second kappa shape index (κ2) is 6.52. The molecule has 0 aromatic heterocycles. The summed E-state index contributed by atoms with van der Waals surface area (Å²) in [6.07, 6.45) is 1.59. The molecule has 98 valence electrons. The van der Waals surface area contributed by atoms with Crippen molar-refractivity contribution in [2.75, 3.05) is 6.61 Å². The minimum atomic E-state index is -1.64. The van der Waals surface area contributed by atoms with Gasteiger partial charge in [0.15, 0.2) is 0 Å². The fourth-order valence-electron chi connectivity index (χ4n) is 1.62. The molecular weight excluding hydrogens is 244 g/mol. The van der Waals surface area contributed by atoms with Crippen molar-refractivity contribution in [3.63, 3.8) is 0 Å². The molecule has 4 heteroatoms. The Morgan fingerprint density at radius 2 is 2.00 bits per heavy atom. The van der Waals surface area contributed by atoms with Crippen LogP contribution in [0, 0.1) is 0 Å². The summed E-state index contributed by atoms with van der Waals surface area (Å²) in [6.45, 7) is 5.69. The maximum Gasteiger partial charge on any atom is 0.332 e. The molecule has 0 aliphatic heterocycles. The van der Waals surface area contributed by atoms with E-state index < -0.39 is 20.7 Å². The number of carbonyl (C=O) groups excluding carboxylic acids is 1. The Morgan fingerprint density at radius 3 is 2.56 bits per heavy atom. The molecule has 0 spiro atoms. The van der Waals surface area contributed by atoms with Gasteiger partial charge in [-0.25, -0.2) is 4.79 Å². The molecule has 0 heterocycles. The number of hydrogen-bond acceptors (Lipinski definition) is 3. The highest BCUT2D eigenvalue weighted by molar-refractivity contribution is 6.93. The van der Waals surface area contributed by atoms with Crippen LogP contribution in [0.25, 0.3) is 0 Å². The third-order valence-corrected chi connectivity index (χ3v) is 5.60. The highest BCUT2D eigenvalue weighted by atomic mass is 28.3. The summed E-state index contributed by atoms with van der Waals surface area (Å²) in [6, 6.07) is 10.3. The lowest BCUT2D eigenvalue weighted by molar-refractivity contribution is -0.149. The zero-order valence-electron chi connectivity index (χ0n) is 11.1. The molecule has 0 radical (unpaired) electrons. The number of carbonyl (C=O) groups is 1. The maximum absolute atomic E-state index is 10.9. The largest absolute Gasteiger partial charge is 0.457 e. The SMILES string of the molecule is C[C@H](/C=C/[Si](C)(C)c1ccccc1)OC(=O)CO. The molecule has 0 aliphatic rings. The van der Waals surface area contributed by atoms with E-state index in [4.69, 9.17) is 9.84 Å². The Bertz CT molecular complexity index is 412. The van der Waals surface area contributed by atoms with Crippen molar-refractivity contribution in [3.05, 3.63) is 42.1 Å². The van der Waals surface area contributed by atoms with E-state index >= 15 is 0 Å². The van der Waals surface area contributed by atoms with Gasteiger partial charge in [-0.05, 0) is 6.92 Å². The van der Waals surface area contributed by atoms with E-state index in [9.17, 15) is 4.79 Å². The van der Waals surface area contributed by atoms with E-state index in [2.05, 4.69) is 30.9 Å². The molecule has 0 unspecified atom stereocenters. The molecule has 0 saturated heterocycles. The Hall–Kier alpha value is -1.39. The summed E-state index contributed by atoms with van der Waals surface area (Å²) in [7, 11) is -1.64. The minimum Gasteiger partial charge on any atom is -0.457 e. The van der Waals surface area contributed by atoms with Gasteiger partial charge in [0.05, 0.1) is 0 Å². The molecular formula is C14H20O3Si. The van der Waals surface area contributed by atoms with Gasteiger partial charge < -0.3 is 9.84 Å². The lowest BCUT2D eigenvalue weighted by Gasteiger charge is -2.19. The van der Waals surface area contributed by atoms with Crippen molar-refractivity contribution in [2.45, 2.75) is 26.1 Å². The van der Waals surface area contributed by atoms with Crippen molar-refractivity contribution in [3.8, 4) is 0 Å². The Balaban J connectivity index is 2.68. The first kappa shape index (κ1) is 14.7. The molecule has 0 bridgehead atoms. The Labute approximate surface area is 109 Å². The summed E-state index contributed by atoms with van der Waals surface area (Å²) in [5.41, 5.74) is 2.15. The summed E-state index contributed by atoms with van der Waals surface area (Å²) >= 11 is 0. The number of aliphatic hydroxyl groups excluding tert-OH is 1. The van der Waals surface area contributed by atoms with E-state index in [-0.39, 0.29) is 6.10 Å². The quantitative estimate of drug-likeness (QED) is 0.649. The van der Waals surface area contributed by atoms with Gasteiger partial charge in [-0.1, -0.05) is 60.4 Å². The number of esters is 1. The third kappa shape index (κ3) is 4.47. The van der Waals surface area contributed by atoms with Gasteiger partial charge in [-0.3, -0.25) is 0 Å². The fourth-order valence-corrected chi connectivity index (χ4v) is 3.62. The number of aliphatic hydroxyl groups is 1. The van der Waals surface area contributed by atoms with Crippen LogP contribution in [-0.2, 0) is 9.53 Å². The van der Waals surface area contributed by atoms with Gasteiger partial charge in [0.25, 0.3) is 0 Å². The zero-order chi connectivity index (χ0) is 13.6. The number of benzene rings is 1. The average molecular weight is 264 g/mol. The molecule has 3 nitrogen and oxygen atoms in total. The van der Waals surface area contributed by atoms with Crippen molar-refractivity contribution in [2.24, 2.45) is 0 Å². The first-order valence-electron chi connectivity index (χ1n) is 6.01.